The van der Waals surface area contributed by atoms with E-state index in [0.717, 1.165) is 5.56 Å². The fourth-order valence-electron chi connectivity index (χ4n) is 2.40. The summed E-state index contributed by atoms with van der Waals surface area (Å²) < 4.78 is 10.1. The lowest BCUT2D eigenvalue weighted by Gasteiger charge is -2.19. The second-order valence-electron chi connectivity index (χ2n) is 7.03. The molecule has 1 atom stereocenters. The maximum atomic E-state index is 12.4. The van der Waals surface area contributed by atoms with Gasteiger partial charge in [0.2, 0.25) is 0 Å². The van der Waals surface area contributed by atoms with E-state index in [-0.39, 0.29) is 32.0 Å². The number of carbonyl (C=O) groups is 5. The van der Waals surface area contributed by atoms with Gasteiger partial charge in [-0.3, -0.25) is 14.4 Å². The molecule has 1 heterocycles. The highest BCUT2D eigenvalue weighted by Crippen LogP contribution is 2.14. The van der Waals surface area contributed by atoms with Gasteiger partial charge in [-0.25, -0.2) is 9.59 Å². The molecule has 10 heteroatoms. The summed E-state index contributed by atoms with van der Waals surface area (Å²) in [5.74, 6) is -3.20. The molecule has 1 fully saturated rings. The van der Waals surface area contributed by atoms with Crippen molar-refractivity contribution in [1.82, 2.24) is 10.4 Å². The van der Waals surface area contributed by atoms with Gasteiger partial charge in [-0.05, 0) is 11.5 Å². The highest BCUT2D eigenvalue weighted by molar-refractivity contribution is 6.02. The summed E-state index contributed by atoms with van der Waals surface area (Å²) in [6.07, 6.45) is -1.70. The molecule has 162 valence electrons. The Labute approximate surface area is 173 Å². The molecule has 10 nitrogen and oxygen atoms in total. The number of nitrogens with zero attached hydrogens (tertiary/aromatic N) is 1. The molecule has 0 radical (unpaired) electrons. The number of esters is 1. The minimum Gasteiger partial charge on any atom is -0.465 e. The number of alkyl carbamates (subject to hydrolysis) is 1. The fourth-order valence-corrected chi connectivity index (χ4v) is 2.40. The molecule has 1 aliphatic heterocycles. The first kappa shape index (κ1) is 22.9. The van der Waals surface area contributed by atoms with Gasteiger partial charge in [-0.2, -0.15) is 0 Å². The van der Waals surface area contributed by atoms with Crippen LogP contribution in [-0.4, -0.2) is 47.6 Å². The maximum absolute atomic E-state index is 12.4. The van der Waals surface area contributed by atoms with Crippen molar-refractivity contribution in [3.05, 3.63) is 35.9 Å². The summed E-state index contributed by atoms with van der Waals surface area (Å²) in [5.41, 5.74) is 0.719. The van der Waals surface area contributed by atoms with Gasteiger partial charge < -0.3 is 19.6 Å². The highest BCUT2D eigenvalue weighted by Gasteiger charge is 2.36. The van der Waals surface area contributed by atoms with Crippen molar-refractivity contribution in [2.24, 2.45) is 5.92 Å². The predicted molar refractivity (Wildman–Crippen MR) is 101 cm³/mol. The lowest BCUT2D eigenvalue weighted by molar-refractivity contribution is -0.199. The average molecular weight is 420 g/mol. The van der Waals surface area contributed by atoms with Crippen LogP contribution >= 0.6 is 0 Å². The Morgan fingerprint density at radius 2 is 1.67 bits per heavy atom. The van der Waals surface area contributed by atoms with Crippen molar-refractivity contribution in [1.29, 1.82) is 0 Å². The lowest BCUT2D eigenvalue weighted by Crippen LogP contribution is -2.46. The van der Waals surface area contributed by atoms with Crippen molar-refractivity contribution >= 4 is 29.8 Å². The van der Waals surface area contributed by atoms with Crippen LogP contribution in [0.1, 0.15) is 38.7 Å². The number of imide groups is 1. The molecule has 0 spiro atoms. The molecule has 0 aromatic heterocycles. The molecule has 1 aliphatic rings. The molecular weight excluding hydrogens is 396 g/mol. The monoisotopic (exact) mass is 420 g/mol. The summed E-state index contributed by atoms with van der Waals surface area (Å²) in [7, 11) is 0. The van der Waals surface area contributed by atoms with E-state index >= 15 is 0 Å². The molecule has 3 amide bonds. The van der Waals surface area contributed by atoms with Crippen LogP contribution in [0.2, 0.25) is 0 Å². The van der Waals surface area contributed by atoms with Crippen molar-refractivity contribution in [3.8, 4) is 0 Å². The minimum absolute atomic E-state index is 0.0602. The average Bonchev–Trinajstić information content (AvgIpc) is 3.03. The quantitative estimate of drug-likeness (QED) is 0.470. The first-order valence-electron chi connectivity index (χ1n) is 9.46. The van der Waals surface area contributed by atoms with Crippen molar-refractivity contribution in [2.75, 3.05) is 6.61 Å². The third kappa shape index (κ3) is 7.19. The van der Waals surface area contributed by atoms with Crippen LogP contribution in [0.25, 0.3) is 0 Å². The van der Waals surface area contributed by atoms with Gasteiger partial charge in [-0.15, -0.1) is 5.06 Å². The highest BCUT2D eigenvalue weighted by atomic mass is 16.7. The number of nitrogens with one attached hydrogen (secondary N) is 1. The smallest absolute Gasteiger partial charge is 0.408 e. The molecule has 1 N–H and O–H groups in total. The Bertz CT molecular complexity index is 777. The molecule has 0 bridgehead atoms. The van der Waals surface area contributed by atoms with Crippen molar-refractivity contribution < 1.29 is 38.3 Å². The van der Waals surface area contributed by atoms with Crippen LogP contribution in [0.5, 0.6) is 0 Å². The third-order valence-electron chi connectivity index (χ3n) is 3.92. The number of amides is 3. The van der Waals surface area contributed by atoms with Crippen molar-refractivity contribution in [2.45, 2.75) is 45.8 Å². The molecule has 1 aromatic rings. The number of ether oxygens (including phenoxy) is 2. The second-order valence-corrected chi connectivity index (χ2v) is 7.03. The first-order chi connectivity index (χ1) is 14.3. The van der Waals surface area contributed by atoms with E-state index in [1.165, 1.54) is 0 Å². The fraction of sp³-hybridized carbons (Fsp3) is 0.450. The molecule has 0 unspecified atom stereocenters. The SMILES string of the molecule is CC(C)COC(=O)C[C@H](NC(=O)OCc1ccccc1)C(=O)ON1C(=O)CCC1=O. The number of benzene rings is 1. The third-order valence-corrected chi connectivity index (χ3v) is 3.92. The number of hydrogen-bond acceptors (Lipinski definition) is 8. The molecular formula is C20H24N2O8. The van der Waals surface area contributed by atoms with Gasteiger partial charge in [0.05, 0.1) is 13.0 Å². The number of hydrogen-bond donors (Lipinski definition) is 1. The molecule has 2 rings (SSSR count). The van der Waals surface area contributed by atoms with E-state index in [0.29, 0.717) is 5.06 Å². The first-order valence-corrected chi connectivity index (χ1v) is 9.46. The summed E-state index contributed by atoms with van der Waals surface area (Å²) in [4.78, 5) is 64.7. The van der Waals surface area contributed by atoms with Gasteiger partial charge in [0.15, 0.2) is 0 Å². The van der Waals surface area contributed by atoms with Gasteiger partial charge in [0, 0.05) is 12.8 Å². The number of hydroxylamine groups is 2. The Balaban J connectivity index is 1.99. The van der Waals surface area contributed by atoms with E-state index in [2.05, 4.69) is 5.32 Å². The Kier molecular flexibility index (Phi) is 8.33. The minimum atomic E-state index is -1.51. The van der Waals surface area contributed by atoms with E-state index in [9.17, 15) is 24.0 Å². The largest absolute Gasteiger partial charge is 0.465 e. The molecule has 30 heavy (non-hydrogen) atoms. The summed E-state index contributed by atoms with van der Waals surface area (Å²) >= 11 is 0. The summed E-state index contributed by atoms with van der Waals surface area (Å²) in [6.45, 7) is 3.74. The second kappa shape index (κ2) is 10.9. The number of rotatable bonds is 9. The van der Waals surface area contributed by atoms with Crippen LogP contribution in [0.4, 0.5) is 4.79 Å². The zero-order valence-electron chi connectivity index (χ0n) is 16.8. The van der Waals surface area contributed by atoms with E-state index in [1.54, 1.807) is 30.3 Å². The van der Waals surface area contributed by atoms with E-state index in [4.69, 9.17) is 14.3 Å². The lowest BCUT2D eigenvalue weighted by atomic mass is 10.2. The van der Waals surface area contributed by atoms with Crippen LogP contribution in [-0.2, 0) is 40.1 Å². The topological polar surface area (TPSA) is 128 Å². The van der Waals surface area contributed by atoms with E-state index < -0.39 is 42.3 Å². The molecule has 0 saturated carbocycles. The van der Waals surface area contributed by atoms with Gasteiger partial charge in [0.25, 0.3) is 11.8 Å². The normalized spacial score (nSPS) is 14.4. The Morgan fingerprint density at radius 3 is 2.27 bits per heavy atom. The van der Waals surface area contributed by atoms with E-state index in [1.807, 2.05) is 13.8 Å². The van der Waals surface area contributed by atoms with Crippen LogP contribution < -0.4 is 5.32 Å². The van der Waals surface area contributed by atoms with Crippen molar-refractivity contribution in [3.63, 3.8) is 0 Å². The molecule has 1 saturated heterocycles. The van der Waals surface area contributed by atoms with Crippen LogP contribution in [0.15, 0.2) is 30.3 Å². The predicted octanol–water partition coefficient (Wildman–Crippen LogP) is 1.48. The molecule has 1 aromatic carbocycles. The van der Waals surface area contributed by atoms with Crippen LogP contribution in [0.3, 0.4) is 0 Å². The van der Waals surface area contributed by atoms with Gasteiger partial charge >= 0.3 is 18.0 Å². The zero-order chi connectivity index (χ0) is 22.1. The van der Waals surface area contributed by atoms with Gasteiger partial charge in [0.1, 0.15) is 12.6 Å². The molecule has 0 aliphatic carbocycles. The zero-order valence-corrected chi connectivity index (χ0v) is 16.8. The standard InChI is InChI=1S/C20H24N2O8/c1-13(2)11-28-18(25)10-15(19(26)30-22-16(23)8-9-17(22)24)21-20(27)29-12-14-6-4-3-5-7-14/h3-7,13,15H,8-12H2,1-2H3,(H,21,27)/t15-/m0/s1. The maximum Gasteiger partial charge on any atom is 0.408 e. The summed E-state index contributed by atoms with van der Waals surface area (Å²) in [5, 5.41) is 2.56. The van der Waals surface area contributed by atoms with Crippen LogP contribution in [0, 0.1) is 5.92 Å². The number of carbonyl (C=O) groups excluding carboxylic acids is 5. The Morgan fingerprint density at radius 1 is 1.03 bits per heavy atom. The summed E-state index contributed by atoms with van der Waals surface area (Å²) in [6, 6.07) is 7.32. The van der Waals surface area contributed by atoms with Gasteiger partial charge in [-0.1, -0.05) is 44.2 Å². The Hall–Kier alpha value is -3.43.